The van der Waals surface area contributed by atoms with Gasteiger partial charge in [0.05, 0.1) is 0 Å². The van der Waals surface area contributed by atoms with Crippen molar-refractivity contribution in [2.75, 3.05) is 0 Å². The van der Waals surface area contributed by atoms with Crippen LogP contribution in [0.5, 0.6) is 0 Å². The summed E-state index contributed by atoms with van der Waals surface area (Å²) in [5.41, 5.74) is -5.26. The molecule has 0 bridgehead atoms. The normalized spacial score (nSPS) is 18.4. The quantitative estimate of drug-likeness (QED) is 0.677. The van der Waals surface area contributed by atoms with Gasteiger partial charge in [0.1, 0.15) is 0 Å². The molecule has 0 heterocycles. The highest BCUT2D eigenvalue weighted by atomic mass is 19.4. The number of hydrogen-bond acceptors (Lipinski definition) is 0. The molecule has 0 fully saturated rings. The van der Waals surface area contributed by atoms with Crippen LogP contribution in [0.4, 0.5) is 43.9 Å². The summed E-state index contributed by atoms with van der Waals surface area (Å²) >= 11 is 0. The maximum atomic E-state index is 13.0. The van der Waals surface area contributed by atoms with E-state index in [2.05, 4.69) is 0 Å². The van der Waals surface area contributed by atoms with Crippen LogP contribution in [0, 0.1) is 0 Å². The molecular weight excluding hydrogens is 274 g/mol. The second kappa shape index (κ2) is 4.20. The Bertz CT molecular complexity index is 260. The van der Waals surface area contributed by atoms with Crippen LogP contribution in [-0.2, 0) is 0 Å². The topological polar surface area (TPSA) is 0 Å². The van der Waals surface area contributed by atoms with Gasteiger partial charge in [-0.1, -0.05) is 6.92 Å². The van der Waals surface area contributed by atoms with E-state index in [1.165, 1.54) is 0 Å². The van der Waals surface area contributed by atoms with Crippen molar-refractivity contribution in [1.29, 1.82) is 0 Å². The molecule has 1 unspecified atom stereocenters. The van der Waals surface area contributed by atoms with Gasteiger partial charge in [-0.25, -0.2) is 13.2 Å². The molecule has 0 saturated carbocycles. The maximum Gasteiger partial charge on any atom is 0.460 e. The highest BCUT2D eigenvalue weighted by Crippen LogP contribution is 2.55. The Hall–Kier alpha value is -0.700. The summed E-state index contributed by atoms with van der Waals surface area (Å²) < 4.78 is 122. The van der Waals surface area contributed by atoms with E-state index in [1.54, 1.807) is 0 Å². The summed E-state index contributed by atoms with van der Waals surface area (Å²) in [6, 6.07) is 0. The smallest absolute Gasteiger partial charge is 0.231 e. The minimum atomic E-state index is -6.89. The number of rotatable bonds is 4. The third kappa shape index (κ3) is 2.17. The van der Waals surface area contributed by atoms with Crippen LogP contribution in [-0.4, -0.2) is 30.1 Å². The van der Waals surface area contributed by atoms with E-state index in [0.29, 0.717) is 6.92 Å². The summed E-state index contributed by atoms with van der Waals surface area (Å²) in [5, 5.41) is 0. The van der Waals surface area contributed by atoms with Gasteiger partial charge in [-0.3, -0.25) is 0 Å². The zero-order valence-electron chi connectivity index (χ0n) is 8.06. The Labute approximate surface area is 88.6 Å². The summed E-state index contributed by atoms with van der Waals surface area (Å²) in [6.07, 6.45) is -13.4. The highest BCUT2D eigenvalue weighted by molar-refractivity contribution is 5.06. The molecule has 0 aliphatic rings. The molecule has 0 aliphatic heterocycles. The molecule has 0 spiro atoms. The standard InChI is InChI=1S/C7H6F10/c1-2-4(10,3(8)9)5(11,12)6(13,14)7(15,16)17/h3H,2H2,1H3. The lowest BCUT2D eigenvalue weighted by Gasteiger charge is -2.37. The van der Waals surface area contributed by atoms with Crippen LogP contribution in [0.25, 0.3) is 0 Å². The van der Waals surface area contributed by atoms with Gasteiger partial charge in [0.2, 0.25) is 5.67 Å². The molecule has 0 aromatic heterocycles. The molecule has 0 aromatic rings. The van der Waals surface area contributed by atoms with Crippen molar-refractivity contribution in [2.45, 2.75) is 43.5 Å². The Morgan fingerprint density at radius 3 is 1.29 bits per heavy atom. The van der Waals surface area contributed by atoms with Crippen molar-refractivity contribution >= 4 is 0 Å². The Balaban J connectivity index is 5.69. The van der Waals surface area contributed by atoms with E-state index in [0.717, 1.165) is 0 Å². The van der Waals surface area contributed by atoms with Crippen LogP contribution in [0.3, 0.4) is 0 Å². The average Bonchev–Trinajstić information content (AvgIpc) is 2.13. The zero-order chi connectivity index (χ0) is 14.3. The van der Waals surface area contributed by atoms with Crippen molar-refractivity contribution in [3.8, 4) is 0 Å². The first-order valence-corrected chi connectivity index (χ1v) is 4.05. The lowest BCUT2D eigenvalue weighted by molar-refractivity contribution is -0.389. The van der Waals surface area contributed by atoms with Gasteiger partial charge >= 0.3 is 18.0 Å². The molecule has 0 nitrogen and oxygen atoms in total. The monoisotopic (exact) mass is 280 g/mol. The van der Waals surface area contributed by atoms with E-state index in [4.69, 9.17) is 0 Å². The summed E-state index contributed by atoms with van der Waals surface area (Å²) in [6.45, 7) is 0.312. The van der Waals surface area contributed by atoms with Crippen LogP contribution in [0.15, 0.2) is 0 Å². The van der Waals surface area contributed by atoms with Crippen LogP contribution < -0.4 is 0 Å². The van der Waals surface area contributed by atoms with Crippen LogP contribution in [0.1, 0.15) is 13.3 Å². The summed E-state index contributed by atoms with van der Waals surface area (Å²) in [4.78, 5) is 0. The molecule has 0 saturated heterocycles. The molecule has 17 heavy (non-hydrogen) atoms. The zero-order valence-corrected chi connectivity index (χ0v) is 8.06. The fraction of sp³-hybridized carbons (Fsp3) is 1.00. The first kappa shape index (κ1) is 16.3. The Morgan fingerprint density at radius 2 is 1.12 bits per heavy atom. The lowest BCUT2D eigenvalue weighted by Crippen LogP contribution is -2.64. The van der Waals surface area contributed by atoms with Gasteiger partial charge in [0.25, 0.3) is 6.43 Å². The van der Waals surface area contributed by atoms with Crippen LogP contribution in [0.2, 0.25) is 0 Å². The molecule has 0 N–H and O–H groups in total. The van der Waals surface area contributed by atoms with Gasteiger partial charge in [-0.05, 0) is 6.42 Å². The Kier molecular flexibility index (Phi) is 4.03. The molecule has 10 heteroatoms. The molecule has 0 aliphatic carbocycles. The first-order chi connectivity index (χ1) is 7.25. The van der Waals surface area contributed by atoms with Gasteiger partial charge in [-0.15, -0.1) is 0 Å². The van der Waals surface area contributed by atoms with Gasteiger partial charge in [-0.2, -0.15) is 30.7 Å². The van der Waals surface area contributed by atoms with Crippen molar-refractivity contribution < 1.29 is 43.9 Å². The lowest BCUT2D eigenvalue weighted by atomic mass is 9.90. The number of alkyl halides is 10. The van der Waals surface area contributed by atoms with Crippen molar-refractivity contribution in [2.24, 2.45) is 0 Å². The van der Waals surface area contributed by atoms with Gasteiger partial charge < -0.3 is 0 Å². The van der Waals surface area contributed by atoms with E-state index >= 15 is 0 Å². The van der Waals surface area contributed by atoms with E-state index in [9.17, 15) is 43.9 Å². The third-order valence-corrected chi connectivity index (χ3v) is 2.13. The highest BCUT2D eigenvalue weighted by Gasteiger charge is 2.82. The summed E-state index contributed by atoms with van der Waals surface area (Å²) in [7, 11) is 0. The second-order valence-corrected chi connectivity index (χ2v) is 3.16. The van der Waals surface area contributed by atoms with E-state index < -0.39 is 36.5 Å². The minimum absolute atomic E-state index is 0.312. The van der Waals surface area contributed by atoms with E-state index in [-0.39, 0.29) is 0 Å². The van der Waals surface area contributed by atoms with E-state index in [1.807, 2.05) is 0 Å². The molecule has 1 atom stereocenters. The average molecular weight is 280 g/mol. The van der Waals surface area contributed by atoms with Gasteiger partial charge in [0, 0.05) is 0 Å². The minimum Gasteiger partial charge on any atom is -0.231 e. The molecule has 0 radical (unpaired) electrons. The predicted octanol–water partition coefficient (Wildman–Crippen LogP) is 4.20. The summed E-state index contributed by atoms with van der Waals surface area (Å²) in [5.74, 6) is -13.5. The van der Waals surface area contributed by atoms with Gasteiger partial charge in [0.15, 0.2) is 0 Å². The maximum absolute atomic E-state index is 13.0. The van der Waals surface area contributed by atoms with Crippen LogP contribution >= 0.6 is 0 Å². The number of hydrogen-bond donors (Lipinski definition) is 0. The molecule has 0 aromatic carbocycles. The van der Waals surface area contributed by atoms with Crippen molar-refractivity contribution in [1.82, 2.24) is 0 Å². The number of halogens is 10. The molecular formula is C7H6F10. The fourth-order valence-corrected chi connectivity index (χ4v) is 0.952. The van der Waals surface area contributed by atoms with Crippen molar-refractivity contribution in [3.05, 3.63) is 0 Å². The predicted molar refractivity (Wildman–Crippen MR) is 36.1 cm³/mol. The largest absolute Gasteiger partial charge is 0.460 e. The fourth-order valence-electron chi connectivity index (χ4n) is 0.952. The Morgan fingerprint density at radius 1 is 0.765 bits per heavy atom. The molecule has 104 valence electrons. The van der Waals surface area contributed by atoms with Crippen molar-refractivity contribution in [3.63, 3.8) is 0 Å². The second-order valence-electron chi connectivity index (χ2n) is 3.16. The SMILES string of the molecule is CCC(F)(C(F)F)C(F)(F)C(F)(F)C(F)(F)F. The molecule has 0 rings (SSSR count). The molecule has 0 amide bonds. The third-order valence-electron chi connectivity index (χ3n) is 2.13. The first-order valence-electron chi connectivity index (χ1n) is 4.05.